The summed E-state index contributed by atoms with van der Waals surface area (Å²) in [5.74, 6) is 1.20. The number of amides is 2. The van der Waals surface area contributed by atoms with Crippen LogP contribution < -0.4 is 0 Å². The molecule has 2 aliphatic heterocycles. The first-order valence-corrected chi connectivity index (χ1v) is 8.75. The zero-order valence-corrected chi connectivity index (χ0v) is 14.6. The predicted molar refractivity (Wildman–Crippen MR) is 93.3 cm³/mol. The van der Waals surface area contributed by atoms with Crippen LogP contribution in [0.5, 0.6) is 0 Å². The number of carbonyl (C=O) groups excluding carboxylic acids is 2. The Hall–Kier alpha value is -1.88. The highest BCUT2D eigenvalue weighted by Gasteiger charge is 2.36. The van der Waals surface area contributed by atoms with Crippen molar-refractivity contribution in [2.75, 3.05) is 26.2 Å². The summed E-state index contributed by atoms with van der Waals surface area (Å²) >= 11 is 5.85. The van der Waals surface area contributed by atoms with E-state index in [0.29, 0.717) is 17.0 Å². The lowest BCUT2D eigenvalue weighted by Gasteiger charge is -2.20. The van der Waals surface area contributed by atoms with Crippen LogP contribution in [0.15, 0.2) is 24.4 Å². The summed E-state index contributed by atoms with van der Waals surface area (Å²) in [6, 6.07) is 3.55. The topological polar surface area (TPSA) is 53.5 Å². The van der Waals surface area contributed by atoms with Gasteiger partial charge in [0.2, 0.25) is 11.8 Å². The highest BCUT2D eigenvalue weighted by molar-refractivity contribution is 6.29. The van der Waals surface area contributed by atoms with Crippen molar-refractivity contribution in [2.45, 2.75) is 19.8 Å². The largest absolute Gasteiger partial charge is 0.343 e. The van der Waals surface area contributed by atoms with E-state index in [0.717, 1.165) is 44.6 Å². The monoisotopic (exact) mass is 347 g/mol. The molecule has 0 spiro atoms. The van der Waals surface area contributed by atoms with Gasteiger partial charge in [0, 0.05) is 45.4 Å². The molecule has 0 radical (unpaired) electrons. The normalized spacial score (nSPS) is 24.1. The second-order valence-corrected chi connectivity index (χ2v) is 6.98. The number of nitrogens with zero attached hydrogens (tertiary/aromatic N) is 3. The summed E-state index contributed by atoms with van der Waals surface area (Å²) in [6.07, 6.45) is 6.98. The number of carbonyl (C=O) groups is 2. The maximum absolute atomic E-state index is 12.4. The minimum absolute atomic E-state index is 0.0411. The quantitative estimate of drug-likeness (QED) is 0.610. The average molecular weight is 348 g/mol. The maximum atomic E-state index is 12.4. The van der Waals surface area contributed by atoms with Crippen molar-refractivity contribution >= 4 is 29.5 Å². The maximum Gasteiger partial charge on any atom is 0.246 e. The van der Waals surface area contributed by atoms with Crippen LogP contribution in [-0.2, 0) is 9.59 Å². The van der Waals surface area contributed by atoms with Gasteiger partial charge in [-0.3, -0.25) is 9.59 Å². The molecule has 2 aliphatic rings. The molecule has 0 aliphatic carbocycles. The number of fused-ring (bicyclic) bond motifs is 1. The highest BCUT2D eigenvalue weighted by atomic mass is 35.5. The fourth-order valence-electron chi connectivity index (χ4n) is 3.64. The van der Waals surface area contributed by atoms with Gasteiger partial charge in [-0.25, -0.2) is 4.98 Å². The molecular formula is C18H22ClN3O2. The van der Waals surface area contributed by atoms with E-state index < -0.39 is 0 Å². The van der Waals surface area contributed by atoms with Crippen molar-refractivity contribution in [2.24, 2.45) is 11.8 Å². The molecule has 2 amide bonds. The lowest BCUT2D eigenvalue weighted by atomic mass is 9.92. The third-order valence-corrected chi connectivity index (χ3v) is 5.25. The molecule has 3 heterocycles. The number of pyridine rings is 1. The summed E-state index contributed by atoms with van der Waals surface area (Å²) in [5, 5.41) is 0.420. The van der Waals surface area contributed by atoms with Crippen LogP contribution in [0.2, 0.25) is 5.15 Å². The first-order valence-electron chi connectivity index (χ1n) is 8.37. The van der Waals surface area contributed by atoms with E-state index >= 15 is 0 Å². The van der Waals surface area contributed by atoms with Gasteiger partial charge in [0.25, 0.3) is 0 Å². The first-order chi connectivity index (χ1) is 11.5. The molecule has 0 saturated carbocycles. The molecule has 2 fully saturated rings. The third kappa shape index (κ3) is 3.96. The van der Waals surface area contributed by atoms with Gasteiger partial charge in [0.05, 0.1) is 0 Å². The first kappa shape index (κ1) is 17.0. The molecule has 2 saturated heterocycles. The van der Waals surface area contributed by atoms with Crippen LogP contribution in [0.4, 0.5) is 0 Å². The molecule has 1 aromatic heterocycles. The highest BCUT2D eigenvalue weighted by Crippen LogP contribution is 2.32. The van der Waals surface area contributed by atoms with Gasteiger partial charge in [-0.05, 0) is 48.4 Å². The lowest BCUT2D eigenvalue weighted by molar-refractivity contribution is -0.129. The van der Waals surface area contributed by atoms with E-state index in [9.17, 15) is 9.59 Å². The third-order valence-electron chi connectivity index (χ3n) is 5.04. The SMILES string of the molecule is CC(=O)N1CC[C@@H]2CN(C(=O)/C=C/c3ccnc(Cl)c3)C[C@@H]2CC1. The van der Waals surface area contributed by atoms with Crippen molar-refractivity contribution in [1.29, 1.82) is 0 Å². The van der Waals surface area contributed by atoms with Crippen LogP contribution in [-0.4, -0.2) is 52.8 Å². The van der Waals surface area contributed by atoms with E-state index in [4.69, 9.17) is 11.6 Å². The number of likely N-dealkylation sites (tertiary alicyclic amines) is 2. The smallest absolute Gasteiger partial charge is 0.246 e. The molecule has 3 rings (SSSR count). The van der Waals surface area contributed by atoms with Gasteiger partial charge < -0.3 is 9.80 Å². The number of halogens is 1. The molecule has 1 aromatic rings. The Kier molecular flexibility index (Phi) is 5.19. The molecule has 0 aromatic carbocycles. The number of rotatable bonds is 2. The van der Waals surface area contributed by atoms with Crippen molar-refractivity contribution < 1.29 is 9.59 Å². The molecule has 24 heavy (non-hydrogen) atoms. The minimum Gasteiger partial charge on any atom is -0.343 e. The molecular weight excluding hydrogens is 326 g/mol. The Balaban J connectivity index is 1.58. The fraction of sp³-hybridized carbons (Fsp3) is 0.500. The molecule has 6 heteroatoms. The number of aromatic nitrogens is 1. The summed E-state index contributed by atoms with van der Waals surface area (Å²) in [7, 11) is 0. The van der Waals surface area contributed by atoms with Crippen LogP contribution in [0.25, 0.3) is 6.08 Å². The molecule has 0 unspecified atom stereocenters. The van der Waals surface area contributed by atoms with E-state index in [2.05, 4.69) is 4.98 Å². The van der Waals surface area contributed by atoms with Gasteiger partial charge >= 0.3 is 0 Å². The van der Waals surface area contributed by atoms with Crippen LogP contribution in [0.1, 0.15) is 25.3 Å². The predicted octanol–water partition coefficient (Wildman–Crippen LogP) is 2.47. The van der Waals surface area contributed by atoms with Crippen LogP contribution >= 0.6 is 11.6 Å². The van der Waals surface area contributed by atoms with Gasteiger partial charge in [-0.1, -0.05) is 11.6 Å². The fourth-order valence-corrected chi connectivity index (χ4v) is 3.82. The molecule has 0 N–H and O–H groups in total. The Morgan fingerprint density at radius 3 is 2.46 bits per heavy atom. The van der Waals surface area contributed by atoms with E-state index in [1.807, 2.05) is 15.9 Å². The van der Waals surface area contributed by atoms with Gasteiger partial charge in [0.15, 0.2) is 0 Å². The number of hydrogen-bond donors (Lipinski definition) is 0. The Labute approximate surface area is 147 Å². The standard InChI is InChI=1S/C18H22ClN3O2/c1-13(23)21-8-5-15-11-22(12-16(15)6-9-21)18(24)3-2-14-4-7-20-17(19)10-14/h2-4,7,10,15-16H,5-6,8-9,11-12H2,1H3/b3-2+/t15-,16+. The van der Waals surface area contributed by atoms with Gasteiger partial charge in [0.1, 0.15) is 5.15 Å². The Morgan fingerprint density at radius 1 is 1.21 bits per heavy atom. The van der Waals surface area contributed by atoms with Crippen LogP contribution in [0, 0.1) is 11.8 Å². The van der Waals surface area contributed by atoms with Gasteiger partial charge in [-0.2, -0.15) is 0 Å². The zero-order valence-electron chi connectivity index (χ0n) is 13.8. The number of hydrogen-bond acceptors (Lipinski definition) is 3. The van der Waals surface area contributed by atoms with Crippen molar-refractivity contribution in [3.8, 4) is 0 Å². The van der Waals surface area contributed by atoms with Crippen molar-refractivity contribution in [1.82, 2.24) is 14.8 Å². The second-order valence-electron chi connectivity index (χ2n) is 6.59. The zero-order chi connectivity index (χ0) is 17.1. The van der Waals surface area contributed by atoms with Gasteiger partial charge in [-0.15, -0.1) is 0 Å². The second kappa shape index (κ2) is 7.34. The minimum atomic E-state index is 0.0411. The molecule has 0 bridgehead atoms. The van der Waals surface area contributed by atoms with E-state index in [1.54, 1.807) is 31.3 Å². The molecule has 2 atom stereocenters. The van der Waals surface area contributed by atoms with E-state index in [-0.39, 0.29) is 11.8 Å². The summed E-state index contributed by atoms with van der Waals surface area (Å²) < 4.78 is 0. The van der Waals surface area contributed by atoms with Crippen molar-refractivity contribution in [3.63, 3.8) is 0 Å². The molecule has 128 valence electrons. The summed E-state index contributed by atoms with van der Waals surface area (Å²) in [6.45, 7) is 4.83. The summed E-state index contributed by atoms with van der Waals surface area (Å²) in [4.78, 5) is 31.7. The molecule has 5 nitrogen and oxygen atoms in total. The lowest BCUT2D eigenvalue weighted by Crippen LogP contribution is -2.32. The van der Waals surface area contributed by atoms with Crippen molar-refractivity contribution in [3.05, 3.63) is 35.1 Å². The summed E-state index contributed by atoms with van der Waals surface area (Å²) in [5.41, 5.74) is 0.869. The van der Waals surface area contributed by atoms with Crippen LogP contribution in [0.3, 0.4) is 0 Å². The van der Waals surface area contributed by atoms with E-state index in [1.165, 1.54) is 0 Å². The Bertz CT molecular complexity index is 645. The Morgan fingerprint density at radius 2 is 1.88 bits per heavy atom. The average Bonchev–Trinajstić information content (AvgIpc) is 2.85.